The maximum atomic E-state index is 10.6. The SMILES string of the molecule is C#CC(=O)NCCC1CCCN1. The molecule has 0 spiro atoms. The van der Waals surface area contributed by atoms with E-state index in [9.17, 15) is 4.79 Å². The fourth-order valence-corrected chi connectivity index (χ4v) is 1.41. The molecule has 12 heavy (non-hydrogen) atoms. The van der Waals surface area contributed by atoms with Gasteiger partial charge in [-0.05, 0) is 31.7 Å². The summed E-state index contributed by atoms with van der Waals surface area (Å²) in [4.78, 5) is 10.6. The summed E-state index contributed by atoms with van der Waals surface area (Å²) in [7, 11) is 0. The first-order chi connectivity index (χ1) is 5.83. The van der Waals surface area contributed by atoms with Crippen molar-refractivity contribution in [3.8, 4) is 12.3 Å². The maximum absolute atomic E-state index is 10.6. The normalized spacial score (nSPS) is 21.8. The first-order valence-electron chi connectivity index (χ1n) is 4.31. The number of amides is 1. The zero-order chi connectivity index (χ0) is 8.81. The van der Waals surface area contributed by atoms with Gasteiger partial charge in [0.25, 0.3) is 5.91 Å². The van der Waals surface area contributed by atoms with E-state index in [-0.39, 0.29) is 5.91 Å². The van der Waals surface area contributed by atoms with Crippen LogP contribution in [0.25, 0.3) is 0 Å². The Bertz CT molecular complexity index is 189. The Labute approximate surface area is 72.9 Å². The molecule has 1 fully saturated rings. The van der Waals surface area contributed by atoms with E-state index in [4.69, 9.17) is 6.42 Å². The van der Waals surface area contributed by atoms with Gasteiger partial charge < -0.3 is 10.6 Å². The molecule has 1 aliphatic rings. The van der Waals surface area contributed by atoms with Gasteiger partial charge in [-0.15, -0.1) is 6.42 Å². The first-order valence-corrected chi connectivity index (χ1v) is 4.31. The smallest absolute Gasteiger partial charge is 0.295 e. The van der Waals surface area contributed by atoms with E-state index in [0.29, 0.717) is 12.6 Å². The van der Waals surface area contributed by atoms with E-state index >= 15 is 0 Å². The lowest BCUT2D eigenvalue weighted by Gasteiger charge is -2.08. The van der Waals surface area contributed by atoms with Gasteiger partial charge in [0.2, 0.25) is 0 Å². The predicted octanol–water partition coefficient (Wildman–Crippen LogP) is -0.122. The number of carbonyl (C=O) groups is 1. The van der Waals surface area contributed by atoms with Crippen LogP contribution in [0.3, 0.4) is 0 Å². The van der Waals surface area contributed by atoms with Gasteiger partial charge in [-0.2, -0.15) is 0 Å². The van der Waals surface area contributed by atoms with E-state index in [0.717, 1.165) is 13.0 Å². The van der Waals surface area contributed by atoms with Crippen molar-refractivity contribution in [2.45, 2.75) is 25.3 Å². The molecule has 0 aromatic heterocycles. The van der Waals surface area contributed by atoms with Crippen LogP contribution in [0.1, 0.15) is 19.3 Å². The Balaban J connectivity index is 2.02. The van der Waals surface area contributed by atoms with Crippen LogP contribution in [0.2, 0.25) is 0 Å². The molecule has 3 nitrogen and oxygen atoms in total. The molecule has 0 aromatic carbocycles. The molecule has 3 heteroatoms. The van der Waals surface area contributed by atoms with Gasteiger partial charge in [0, 0.05) is 12.6 Å². The van der Waals surface area contributed by atoms with Crippen LogP contribution in [0.5, 0.6) is 0 Å². The average Bonchev–Trinajstić information content (AvgIpc) is 2.57. The zero-order valence-corrected chi connectivity index (χ0v) is 7.10. The fourth-order valence-electron chi connectivity index (χ4n) is 1.41. The van der Waals surface area contributed by atoms with Crippen molar-refractivity contribution in [3.05, 3.63) is 0 Å². The number of hydrogen-bond donors (Lipinski definition) is 2. The summed E-state index contributed by atoms with van der Waals surface area (Å²) in [5.41, 5.74) is 0. The molecular formula is C9H14N2O. The van der Waals surface area contributed by atoms with Crippen LogP contribution >= 0.6 is 0 Å². The topological polar surface area (TPSA) is 41.1 Å². The summed E-state index contributed by atoms with van der Waals surface area (Å²) >= 11 is 0. The van der Waals surface area contributed by atoms with E-state index < -0.39 is 0 Å². The lowest BCUT2D eigenvalue weighted by atomic mass is 10.1. The fraction of sp³-hybridized carbons (Fsp3) is 0.667. The van der Waals surface area contributed by atoms with Crippen molar-refractivity contribution in [1.82, 2.24) is 10.6 Å². The van der Waals surface area contributed by atoms with E-state index in [1.54, 1.807) is 0 Å². The number of nitrogens with one attached hydrogen (secondary N) is 2. The van der Waals surface area contributed by atoms with Gasteiger partial charge in [-0.25, -0.2) is 0 Å². The van der Waals surface area contributed by atoms with Crippen molar-refractivity contribution < 1.29 is 4.79 Å². The number of carbonyl (C=O) groups excluding carboxylic acids is 1. The molecule has 0 saturated carbocycles. The standard InChI is InChI=1S/C9H14N2O/c1-2-9(12)11-7-5-8-4-3-6-10-8/h1,8,10H,3-7H2,(H,11,12). The average molecular weight is 166 g/mol. The van der Waals surface area contributed by atoms with Crippen LogP contribution in [-0.4, -0.2) is 25.0 Å². The van der Waals surface area contributed by atoms with Crippen molar-refractivity contribution in [1.29, 1.82) is 0 Å². The lowest BCUT2D eigenvalue weighted by Crippen LogP contribution is -2.29. The molecule has 0 bridgehead atoms. The van der Waals surface area contributed by atoms with Crippen molar-refractivity contribution in [3.63, 3.8) is 0 Å². The molecule has 0 aliphatic carbocycles. The Morgan fingerprint density at radius 2 is 2.58 bits per heavy atom. The number of rotatable bonds is 3. The minimum atomic E-state index is -0.312. The number of hydrogen-bond acceptors (Lipinski definition) is 2. The Kier molecular flexibility index (Phi) is 3.62. The highest BCUT2D eigenvalue weighted by molar-refractivity contribution is 5.92. The Morgan fingerprint density at radius 3 is 3.17 bits per heavy atom. The summed E-state index contributed by atoms with van der Waals surface area (Å²) < 4.78 is 0. The van der Waals surface area contributed by atoms with Gasteiger partial charge in [-0.3, -0.25) is 4.79 Å². The highest BCUT2D eigenvalue weighted by Crippen LogP contribution is 2.07. The summed E-state index contributed by atoms with van der Waals surface area (Å²) in [6, 6.07) is 0.572. The molecule has 0 radical (unpaired) electrons. The molecule has 1 aliphatic heterocycles. The van der Waals surface area contributed by atoms with Crippen molar-refractivity contribution in [2.24, 2.45) is 0 Å². The summed E-state index contributed by atoms with van der Waals surface area (Å²) in [6.45, 7) is 1.79. The quantitative estimate of drug-likeness (QED) is 0.574. The molecule has 2 N–H and O–H groups in total. The van der Waals surface area contributed by atoms with Crippen LogP contribution in [0.15, 0.2) is 0 Å². The van der Waals surface area contributed by atoms with Crippen LogP contribution in [-0.2, 0) is 4.79 Å². The van der Waals surface area contributed by atoms with E-state index in [2.05, 4.69) is 10.6 Å². The number of terminal acetylenes is 1. The van der Waals surface area contributed by atoms with Crippen molar-refractivity contribution >= 4 is 5.91 Å². The second-order valence-corrected chi connectivity index (χ2v) is 2.98. The molecule has 1 atom stereocenters. The second-order valence-electron chi connectivity index (χ2n) is 2.98. The van der Waals surface area contributed by atoms with Gasteiger partial charge >= 0.3 is 0 Å². The Morgan fingerprint density at radius 1 is 1.75 bits per heavy atom. The van der Waals surface area contributed by atoms with Gasteiger partial charge in [0.1, 0.15) is 0 Å². The lowest BCUT2D eigenvalue weighted by molar-refractivity contribution is -0.115. The predicted molar refractivity (Wildman–Crippen MR) is 47.5 cm³/mol. The largest absolute Gasteiger partial charge is 0.345 e. The highest BCUT2D eigenvalue weighted by Gasteiger charge is 2.12. The van der Waals surface area contributed by atoms with Gasteiger partial charge in [0.05, 0.1) is 0 Å². The molecule has 66 valence electrons. The van der Waals surface area contributed by atoms with Crippen molar-refractivity contribution in [2.75, 3.05) is 13.1 Å². The molecule has 1 amide bonds. The van der Waals surface area contributed by atoms with E-state index in [1.807, 2.05) is 5.92 Å². The third-order valence-electron chi connectivity index (χ3n) is 2.07. The minimum absolute atomic E-state index is 0.312. The summed E-state index contributed by atoms with van der Waals surface area (Å²) in [6.07, 6.45) is 8.33. The highest BCUT2D eigenvalue weighted by atomic mass is 16.1. The van der Waals surface area contributed by atoms with Crippen LogP contribution < -0.4 is 10.6 Å². The molecule has 1 rings (SSSR count). The Hall–Kier alpha value is -1.01. The third kappa shape index (κ3) is 2.93. The molecule has 1 unspecified atom stereocenters. The van der Waals surface area contributed by atoms with Crippen LogP contribution in [0.4, 0.5) is 0 Å². The molecule has 0 aromatic rings. The zero-order valence-electron chi connectivity index (χ0n) is 7.10. The molecule has 1 heterocycles. The van der Waals surface area contributed by atoms with Gasteiger partial charge in [0.15, 0.2) is 0 Å². The first kappa shape index (κ1) is 9.08. The second kappa shape index (κ2) is 4.78. The summed E-state index contributed by atoms with van der Waals surface area (Å²) in [5.74, 6) is 1.71. The minimum Gasteiger partial charge on any atom is -0.345 e. The third-order valence-corrected chi connectivity index (χ3v) is 2.07. The van der Waals surface area contributed by atoms with E-state index in [1.165, 1.54) is 12.8 Å². The summed E-state index contributed by atoms with van der Waals surface area (Å²) in [5, 5.41) is 5.99. The van der Waals surface area contributed by atoms with Gasteiger partial charge in [-0.1, -0.05) is 0 Å². The maximum Gasteiger partial charge on any atom is 0.295 e. The molecular weight excluding hydrogens is 152 g/mol. The molecule has 1 saturated heterocycles. The van der Waals surface area contributed by atoms with Crippen LogP contribution in [0, 0.1) is 12.3 Å². The monoisotopic (exact) mass is 166 g/mol.